The van der Waals surface area contributed by atoms with Crippen LogP contribution in [-0.4, -0.2) is 36.2 Å². The SMILES string of the molecule is CC1CCN(CCCO)CC1C. The summed E-state index contributed by atoms with van der Waals surface area (Å²) in [4.78, 5) is 2.47. The van der Waals surface area contributed by atoms with Gasteiger partial charge in [-0.05, 0) is 31.2 Å². The van der Waals surface area contributed by atoms with Gasteiger partial charge in [0.25, 0.3) is 0 Å². The minimum atomic E-state index is 0.334. The second-order valence-corrected chi connectivity index (χ2v) is 4.12. The largest absolute Gasteiger partial charge is 0.396 e. The maximum atomic E-state index is 8.69. The van der Waals surface area contributed by atoms with Gasteiger partial charge in [-0.1, -0.05) is 13.8 Å². The normalized spacial score (nSPS) is 32.2. The van der Waals surface area contributed by atoms with E-state index in [1.54, 1.807) is 0 Å². The van der Waals surface area contributed by atoms with Gasteiger partial charge in [0.2, 0.25) is 0 Å². The number of aliphatic hydroxyl groups is 1. The van der Waals surface area contributed by atoms with Crippen LogP contribution >= 0.6 is 0 Å². The monoisotopic (exact) mass is 171 g/mol. The fourth-order valence-electron chi connectivity index (χ4n) is 1.85. The Kier molecular flexibility index (Phi) is 4.02. The van der Waals surface area contributed by atoms with Crippen LogP contribution in [-0.2, 0) is 0 Å². The number of piperidine rings is 1. The van der Waals surface area contributed by atoms with Gasteiger partial charge in [-0.15, -0.1) is 0 Å². The van der Waals surface area contributed by atoms with E-state index < -0.39 is 0 Å². The van der Waals surface area contributed by atoms with E-state index in [1.807, 2.05) is 0 Å². The standard InChI is InChI=1S/C10H21NO/c1-9-4-6-11(5-3-7-12)8-10(9)2/h9-10,12H,3-8H2,1-2H3. The van der Waals surface area contributed by atoms with Crippen molar-refractivity contribution in [2.24, 2.45) is 11.8 Å². The van der Waals surface area contributed by atoms with Gasteiger partial charge in [-0.25, -0.2) is 0 Å². The number of rotatable bonds is 3. The first-order chi connectivity index (χ1) is 5.74. The molecule has 0 aromatic rings. The third-order valence-corrected chi connectivity index (χ3v) is 3.05. The van der Waals surface area contributed by atoms with Crippen molar-refractivity contribution in [3.63, 3.8) is 0 Å². The molecular weight excluding hydrogens is 150 g/mol. The molecule has 1 saturated heterocycles. The van der Waals surface area contributed by atoms with Crippen molar-refractivity contribution < 1.29 is 5.11 Å². The predicted octanol–water partition coefficient (Wildman–Crippen LogP) is 1.35. The second kappa shape index (κ2) is 4.83. The molecule has 0 radical (unpaired) electrons. The molecule has 2 atom stereocenters. The van der Waals surface area contributed by atoms with Gasteiger partial charge in [0, 0.05) is 19.7 Å². The highest BCUT2D eigenvalue weighted by Gasteiger charge is 2.21. The zero-order valence-corrected chi connectivity index (χ0v) is 8.29. The van der Waals surface area contributed by atoms with E-state index in [0.29, 0.717) is 6.61 Å². The highest BCUT2D eigenvalue weighted by Crippen LogP contribution is 2.22. The lowest BCUT2D eigenvalue weighted by Crippen LogP contribution is -2.39. The van der Waals surface area contributed by atoms with Crippen LogP contribution in [0.2, 0.25) is 0 Å². The van der Waals surface area contributed by atoms with Crippen molar-refractivity contribution in [3.05, 3.63) is 0 Å². The average Bonchev–Trinajstić information content (AvgIpc) is 2.07. The maximum Gasteiger partial charge on any atom is 0.0443 e. The topological polar surface area (TPSA) is 23.5 Å². The summed E-state index contributed by atoms with van der Waals surface area (Å²) < 4.78 is 0. The summed E-state index contributed by atoms with van der Waals surface area (Å²) in [7, 11) is 0. The summed E-state index contributed by atoms with van der Waals surface area (Å²) in [6, 6.07) is 0. The van der Waals surface area contributed by atoms with Gasteiger partial charge < -0.3 is 10.0 Å². The Morgan fingerprint density at radius 3 is 2.67 bits per heavy atom. The van der Waals surface area contributed by atoms with E-state index in [0.717, 1.165) is 24.8 Å². The highest BCUT2D eigenvalue weighted by atomic mass is 16.3. The lowest BCUT2D eigenvalue weighted by Gasteiger charge is -2.35. The van der Waals surface area contributed by atoms with Gasteiger partial charge >= 0.3 is 0 Å². The second-order valence-electron chi connectivity index (χ2n) is 4.12. The first-order valence-electron chi connectivity index (χ1n) is 5.07. The molecule has 0 spiro atoms. The van der Waals surface area contributed by atoms with Crippen LogP contribution < -0.4 is 0 Å². The van der Waals surface area contributed by atoms with E-state index in [1.165, 1.54) is 19.5 Å². The quantitative estimate of drug-likeness (QED) is 0.693. The molecule has 1 aliphatic heterocycles. The molecule has 12 heavy (non-hydrogen) atoms. The Labute approximate surface area is 75.6 Å². The van der Waals surface area contributed by atoms with Crippen LogP contribution in [0.5, 0.6) is 0 Å². The summed E-state index contributed by atoms with van der Waals surface area (Å²) in [6.45, 7) is 8.53. The Hall–Kier alpha value is -0.0800. The Balaban J connectivity index is 2.21. The first kappa shape index (κ1) is 10.0. The molecule has 1 N–H and O–H groups in total. The Bertz CT molecular complexity index is 125. The molecule has 1 fully saturated rings. The summed E-state index contributed by atoms with van der Waals surface area (Å²) in [6.07, 6.45) is 2.26. The zero-order chi connectivity index (χ0) is 8.97. The van der Waals surface area contributed by atoms with Gasteiger partial charge in [0.05, 0.1) is 0 Å². The molecule has 1 rings (SSSR count). The van der Waals surface area contributed by atoms with Crippen LogP contribution in [0.1, 0.15) is 26.7 Å². The summed E-state index contributed by atoms with van der Waals surface area (Å²) >= 11 is 0. The number of hydrogen-bond acceptors (Lipinski definition) is 2. The van der Waals surface area contributed by atoms with E-state index in [9.17, 15) is 0 Å². The first-order valence-corrected chi connectivity index (χ1v) is 5.07. The molecule has 0 saturated carbocycles. The van der Waals surface area contributed by atoms with E-state index in [2.05, 4.69) is 18.7 Å². The van der Waals surface area contributed by atoms with E-state index in [-0.39, 0.29) is 0 Å². The predicted molar refractivity (Wildman–Crippen MR) is 51.1 cm³/mol. The maximum absolute atomic E-state index is 8.69. The summed E-state index contributed by atoms with van der Waals surface area (Å²) in [5.74, 6) is 1.72. The molecule has 0 aromatic heterocycles. The fraction of sp³-hybridized carbons (Fsp3) is 1.00. The van der Waals surface area contributed by atoms with Crippen LogP contribution in [0.25, 0.3) is 0 Å². The molecule has 0 aliphatic carbocycles. The van der Waals surface area contributed by atoms with Crippen molar-refractivity contribution >= 4 is 0 Å². The van der Waals surface area contributed by atoms with Crippen molar-refractivity contribution in [3.8, 4) is 0 Å². The molecular formula is C10H21NO. The number of aliphatic hydroxyl groups excluding tert-OH is 1. The minimum Gasteiger partial charge on any atom is -0.396 e. The van der Waals surface area contributed by atoms with Crippen LogP contribution in [0.4, 0.5) is 0 Å². The van der Waals surface area contributed by atoms with Crippen LogP contribution in [0, 0.1) is 11.8 Å². The molecule has 1 heterocycles. The number of nitrogens with zero attached hydrogens (tertiary/aromatic N) is 1. The molecule has 1 aliphatic rings. The van der Waals surface area contributed by atoms with Gasteiger partial charge in [-0.3, -0.25) is 0 Å². The van der Waals surface area contributed by atoms with Gasteiger partial charge in [0.1, 0.15) is 0 Å². The molecule has 2 heteroatoms. The average molecular weight is 171 g/mol. The third kappa shape index (κ3) is 2.76. The molecule has 0 aromatic carbocycles. The van der Waals surface area contributed by atoms with Gasteiger partial charge in [-0.2, -0.15) is 0 Å². The van der Waals surface area contributed by atoms with Crippen molar-refractivity contribution in [2.45, 2.75) is 26.7 Å². The highest BCUT2D eigenvalue weighted by molar-refractivity contribution is 4.74. The third-order valence-electron chi connectivity index (χ3n) is 3.05. The lowest BCUT2D eigenvalue weighted by atomic mass is 9.89. The van der Waals surface area contributed by atoms with Crippen molar-refractivity contribution in [1.82, 2.24) is 4.90 Å². The molecule has 0 amide bonds. The Morgan fingerprint density at radius 1 is 1.33 bits per heavy atom. The molecule has 72 valence electrons. The van der Waals surface area contributed by atoms with Crippen LogP contribution in [0.3, 0.4) is 0 Å². The van der Waals surface area contributed by atoms with E-state index >= 15 is 0 Å². The molecule has 0 bridgehead atoms. The molecule has 2 nitrogen and oxygen atoms in total. The van der Waals surface area contributed by atoms with Gasteiger partial charge in [0.15, 0.2) is 0 Å². The van der Waals surface area contributed by atoms with Crippen molar-refractivity contribution in [1.29, 1.82) is 0 Å². The summed E-state index contributed by atoms with van der Waals surface area (Å²) in [5.41, 5.74) is 0. The Morgan fingerprint density at radius 2 is 2.08 bits per heavy atom. The molecule has 2 unspecified atom stereocenters. The zero-order valence-electron chi connectivity index (χ0n) is 8.29. The lowest BCUT2D eigenvalue weighted by molar-refractivity contribution is 0.128. The number of hydrogen-bond donors (Lipinski definition) is 1. The fourth-order valence-corrected chi connectivity index (χ4v) is 1.85. The number of likely N-dealkylation sites (tertiary alicyclic amines) is 1. The van der Waals surface area contributed by atoms with E-state index in [4.69, 9.17) is 5.11 Å². The van der Waals surface area contributed by atoms with Crippen LogP contribution in [0.15, 0.2) is 0 Å². The smallest absolute Gasteiger partial charge is 0.0443 e. The summed E-state index contributed by atoms with van der Waals surface area (Å²) in [5, 5.41) is 8.69. The van der Waals surface area contributed by atoms with Crippen molar-refractivity contribution in [2.75, 3.05) is 26.2 Å². The minimum absolute atomic E-state index is 0.334.